The van der Waals surface area contributed by atoms with Crippen LogP contribution in [-0.4, -0.2) is 47.2 Å². The third-order valence-corrected chi connectivity index (χ3v) is 7.00. The van der Waals surface area contributed by atoms with Crippen molar-refractivity contribution in [2.24, 2.45) is 0 Å². The molecule has 2 saturated heterocycles. The maximum Gasteiger partial charge on any atom is 0.416 e. The molecule has 1 aromatic carbocycles. The van der Waals surface area contributed by atoms with Gasteiger partial charge in [-0.25, -0.2) is 9.97 Å². The molecule has 0 spiro atoms. The summed E-state index contributed by atoms with van der Waals surface area (Å²) >= 11 is 0. The Labute approximate surface area is 185 Å². The number of piperazine rings is 1. The molecule has 9 heteroatoms. The summed E-state index contributed by atoms with van der Waals surface area (Å²) in [5.41, 5.74) is 0.538. The van der Waals surface area contributed by atoms with Crippen LogP contribution in [0.1, 0.15) is 43.4 Å². The van der Waals surface area contributed by atoms with Gasteiger partial charge in [0, 0.05) is 43.1 Å². The lowest BCUT2D eigenvalue weighted by Crippen LogP contribution is -2.72. The molecule has 3 heterocycles. The minimum atomic E-state index is -4.33. The maximum atomic E-state index is 12.9. The SMILES string of the molecule is N#Cc1ccnc(N2C3CCN(c4ccc(C(F)(F)F)cc4)C[C@H]3N[C@@H]3CCCC[C@H]32)n1. The van der Waals surface area contributed by atoms with Crippen molar-refractivity contribution in [3.05, 3.63) is 47.8 Å². The highest BCUT2D eigenvalue weighted by Gasteiger charge is 2.46. The zero-order valence-corrected chi connectivity index (χ0v) is 17.6. The quantitative estimate of drug-likeness (QED) is 0.765. The Balaban J connectivity index is 1.41. The molecule has 1 aromatic heterocycles. The van der Waals surface area contributed by atoms with Crippen molar-refractivity contribution in [1.82, 2.24) is 15.3 Å². The Hall–Kier alpha value is -2.86. The summed E-state index contributed by atoms with van der Waals surface area (Å²) in [7, 11) is 0. The smallest absolute Gasteiger partial charge is 0.370 e. The fraction of sp³-hybridized carbons (Fsp3) is 0.522. The zero-order valence-electron chi connectivity index (χ0n) is 17.6. The first-order valence-electron chi connectivity index (χ1n) is 11.1. The van der Waals surface area contributed by atoms with Gasteiger partial charge in [0.2, 0.25) is 5.95 Å². The molecule has 6 nitrogen and oxygen atoms in total. The van der Waals surface area contributed by atoms with Gasteiger partial charge >= 0.3 is 6.18 Å². The van der Waals surface area contributed by atoms with Gasteiger partial charge in [-0.1, -0.05) is 12.8 Å². The molecular weight excluding hydrogens is 417 g/mol. The zero-order chi connectivity index (χ0) is 22.3. The highest BCUT2D eigenvalue weighted by atomic mass is 19.4. The molecule has 0 radical (unpaired) electrons. The van der Waals surface area contributed by atoms with Gasteiger partial charge in [0.1, 0.15) is 11.8 Å². The summed E-state index contributed by atoms with van der Waals surface area (Å²) in [6, 6.07) is 10.1. The van der Waals surface area contributed by atoms with Gasteiger partial charge in [-0.15, -0.1) is 0 Å². The minimum absolute atomic E-state index is 0.139. The molecule has 4 atom stereocenters. The lowest BCUT2D eigenvalue weighted by Gasteiger charge is -2.55. The molecule has 1 unspecified atom stereocenters. The van der Waals surface area contributed by atoms with Gasteiger partial charge in [-0.05, 0) is 49.6 Å². The normalized spacial score (nSPS) is 27.9. The number of hydrogen-bond donors (Lipinski definition) is 1. The Morgan fingerprint density at radius 1 is 1.00 bits per heavy atom. The van der Waals surface area contributed by atoms with Gasteiger partial charge in [0.05, 0.1) is 11.6 Å². The largest absolute Gasteiger partial charge is 0.416 e. The van der Waals surface area contributed by atoms with Crippen LogP contribution < -0.4 is 15.1 Å². The molecule has 1 aliphatic carbocycles. The number of hydrogen-bond acceptors (Lipinski definition) is 6. The van der Waals surface area contributed by atoms with Crippen molar-refractivity contribution in [2.75, 3.05) is 22.9 Å². The number of nitriles is 1. The van der Waals surface area contributed by atoms with Crippen molar-refractivity contribution in [3.8, 4) is 6.07 Å². The summed E-state index contributed by atoms with van der Waals surface area (Å²) in [4.78, 5) is 13.5. The minimum Gasteiger partial charge on any atom is -0.370 e. The van der Waals surface area contributed by atoms with Crippen LogP contribution in [0.4, 0.5) is 24.8 Å². The van der Waals surface area contributed by atoms with E-state index in [-0.39, 0.29) is 18.1 Å². The Morgan fingerprint density at radius 3 is 2.50 bits per heavy atom. The number of fused-ring (bicyclic) bond motifs is 2. The number of aromatic nitrogens is 2. The Bertz CT molecular complexity index is 1000. The van der Waals surface area contributed by atoms with Crippen LogP contribution in [0.5, 0.6) is 0 Å². The second-order valence-corrected chi connectivity index (χ2v) is 8.84. The number of piperidine rings is 1. The predicted molar refractivity (Wildman–Crippen MR) is 114 cm³/mol. The molecular formula is C23H25F3N6. The van der Waals surface area contributed by atoms with Gasteiger partial charge in [0.15, 0.2) is 0 Å². The summed E-state index contributed by atoms with van der Waals surface area (Å²) < 4.78 is 38.8. The van der Waals surface area contributed by atoms with Gasteiger partial charge in [-0.2, -0.15) is 18.4 Å². The van der Waals surface area contributed by atoms with E-state index in [1.807, 2.05) is 0 Å². The van der Waals surface area contributed by atoms with Crippen molar-refractivity contribution in [3.63, 3.8) is 0 Å². The highest BCUT2D eigenvalue weighted by Crippen LogP contribution is 2.37. The Morgan fingerprint density at radius 2 is 1.75 bits per heavy atom. The van der Waals surface area contributed by atoms with E-state index in [2.05, 4.69) is 31.2 Å². The first kappa shape index (κ1) is 21.0. The average Bonchev–Trinajstić information content (AvgIpc) is 2.81. The topological polar surface area (TPSA) is 68.1 Å². The average molecular weight is 442 g/mol. The number of alkyl halides is 3. The lowest BCUT2D eigenvalue weighted by molar-refractivity contribution is -0.137. The highest BCUT2D eigenvalue weighted by molar-refractivity contribution is 5.50. The van der Waals surface area contributed by atoms with Crippen LogP contribution in [0.15, 0.2) is 36.5 Å². The summed E-state index contributed by atoms with van der Waals surface area (Å²) in [5, 5.41) is 13.1. The summed E-state index contributed by atoms with van der Waals surface area (Å²) in [6.07, 6.45) is 2.61. The second-order valence-electron chi connectivity index (χ2n) is 8.84. The second kappa shape index (κ2) is 8.24. The molecule has 168 valence electrons. The number of halogens is 3. The van der Waals surface area contributed by atoms with Gasteiger partial charge in [0.25, 0.3) is 0 Å². The number of rotatable bonds is 2. The van der Waals surface area contributed by atoms with Crippen molar-refractivity contribution in [1.29, 1.82) is 5.26 Å². The van der Waals surface area contributed by atoms with Crippen LogP contribution in [0, 0.1) is 11.3 Å². The van der Waals surface area contributed by atoms with Gasteiger partial charge < -0.3 is 15.1 Å². The maximum absolute atomic E-state index is 12.9. The molecule has 0 amide bonds. The van der Waals surface area contributed by atoms with Crippen molar-refractivity contribution in [2.45, 2.75) is 62.4 Å². The standard InChI is InChI=1S/C23H25F3N6/c24-23(25,26)15-5-7-17(8-6-15)31-12-10-21-19(14-31)30-18-3-1-2-4-20(18)32(21)22-28-11-9-16(13-27)29-22/h5-9,11,18-21,30H,1-4,10,12,14H2/t18-,19-,20-,21?/m1/s1. The van der Waals surface area contributed by atoms with Crippen LogP contribution in [0.3, 0.4) is 0 Å². The summed E-state index contributed by atoms with van der Waals surface area (Å²) in [5.74, 6) is 0.612. The van der Waals surface area contributed by atoms with Crippen molar-refractivity contribution >= 4 is 11.6 Å². The van der Waals surface area contributed by atoms with E-state index in [1.54, 1.807) is 24.4 Å². The molecule has 0 bridgehead atoms. The number of benzene rings is 1. The number of anilines is 2. The van der Waals surface area contributed by atoms with E-state index in [9.17, 15) is 18.4 Å². The fourth-order valence-corrected chi connectivity index (χ4v) is 5.52. The molecule has 3 fully saturated rings. The monoisotopic (exact) mass is 442 g/mol. The van der Waals surface area contributed by atoms with E-state index in [1.165, 1.54) is 6.42 Å². The first-order valence-corrected chi connectivity index (χ1v) is 11.1. The third kappa shape index (κ3) is 3.88. The Kier molecular flexibility index (Phi) is 5.41. The lowest BCUT2D eigenvalue weighted by atomic mass is 9.82. The van der Waals surface area contributed by atoms with Crippen molar-refractivity contribution < 1.29 is 13.2 Å². The van der Waals surface area contributed by atoms with E-state index >= 15 is 0 Å². The van der Waals surface area contributed by atoms with E-state index in [0.29, 0.717) is 24.2 Å². The predicted octanol–water partition coefficient (Wildman–Crippen LogP) is 3.74. The summed E-state index contributed by atoms with van der Waals surface area (Å²) in [6.45, 7) is 1.44. The molecule has 1 saturated carbocycles. The van der Waals surface area contributed by atoms with Crippen LogP contribution in [0.25, 0.3) is 0 Å². The number of nitrogens with one attached hydrogen (secondary N) is 1. The molecule has 1 N–H and O–H groups in total. The van der Waals surface area contributed by atoms with E-state index in [4.69, 9.17) is 0 Å². The van der Waals surface area contributed by atoms with Crippen LogP contribution in [-0.2, 0) is 6.18 Å². The van der Waals surface area contributed by atoms with Crippen LogP contribution in [0.2, 0.25) is 0 Å². The fourth-order valence-electron chi connectivity index (χ4n) is 5.52. The third-order valence-electron chi connectivity index (χ3n) is 7.00. The van der Waals surface area contributed by atoms with E-state index < -0.39 is 11.7 Å². The molecule has 3 aliphatic rings. The molecule has 2 aliphatic heterocycles. The van der Waals surface area contributed by atoms with Crippen LogP contribution >= 0.6 is 0 Å². The molecule has 5 rings (SSSR count). The van der Waals surface area contributed by atoms with Gasteiger partial charge in [-0.3, -0.25) is 0 Å². The number of nitrogens with zero attached hydrogens (tertiary/aromatic N) is 5. The molecule has 2 aromatic rings. The van der Waals surface area contributed by atoms with E-state index in [0.717, 1.165) is 50.0 Å². The molecule has 32 heavy (non-hydrogen) atoms. The first-order chi connectivity index (χ1) is 15.4.